The second kappa shape index (κ2) is 8.38. The fourth-order valence-corrected chi connectivity index (χ4v) is 5.01. The molecule has 1 aromatic rings. The van der Waals surface area contributed by atoms with E-state index < -0.39 is 0 Å². The maximum Gasteiger partial charge on any atom is 0.253 e. The van der Waals surface area contributed by atoms with Gasteiger partial charge in [-0.15, -0.1) is 12.4 Å². The molecular weight excluding hydrogens is 385 g/mol. The van der Waals surface area contributed by atoms with Crippen molar-refractivity contribution in [2.45, 2.75) is 31.7 Å². The van der Waals surface area contributed by atoms with E-state index in [1.54, 1.807) is 24.3 Å². The molecule has 0 radical (unpaired) electrons. The zero-order chi connectivity index (χ0) is 18.3. The quantitative estimate of drug-likeness (QED) is 0.813. The van der Waals surface area contributed by atoms with Crippen LogP contribution in [0.3, 0.4) is 0 Å². The average molecular weight is 412 g/mol. The first-order valence-corrected chi connectivity index (χ1v) is 10.00. The van der Waals surface area contributed by atoms with Gasteiger partial charge in [0.05, 0.1) is 5.92 Å². The third kappa shape index (κ3) is 4.10. The number of likely N-dealkylation sites (tertiary alicyclic amines) is 2. The molecule has 1 saturated carbocycles. The van der Waals surface area contributed by atoms with Crippen LogP contribution in [0.2, 0.25) is 5.02 Å². The highest BCUT2D eigenvalue weighted by atomic mass is 35.5. The first-order valence-electron chi connectivity index (χ1n) is 9.62. The lowest BCUT2D eigenvalue weighted by molar-refractivity contribution is -0.136. The summed E-state index contributed by atoms with van der Waals surface area (Å²) in [6.07, 6.45) is 3.96. The van der Waals surface area contributed by atoms with Gasteiger partial charge in [-0.3, -0.25) is 9.59 Å². The van der Waals surface area contributed by atoms with Gasteiger partial charge in [-0.2, -0.15) is 0 Å². The van der Waals surface area contributed by atoms with E-state index in [4.69, 9.17) is 17.3 Å². The number of hydrogen-bond donors (Lipinski definition) is 1. The summed E-state index contributed by atoms with van der Waals surface area (Å²) in [7, 11) is 0. The Balaban J connectivity index is 0.00000210. The highest BCUT2D eigenvalue weighted by Crippen LogP contribution is 2.38. The van der Waals surface area contributed by atoms with Crippen molar-refractivity contribution in [3.63, 3.8) is 0 Å². The fraction of sp³-hybridized carbons (Fsp3) is 0.600. The number of amides is 2. The zero-order valence-corrected chi connectivity index (χ0v) is 16.9. The molecule has 0 spiro atoms. The Morgan fingerprint density at radius 2 is 1.74 bits per heavy atom. The van der Waals surface area contributed by atoms with Crippen molar-refractivity contribution >= 4 is 35.8 Å². The molecule has 2 saturated heterocycles. The van der Waals surface area contributed by atoms with Crippen molar-refractivity contribution in [2.24, 2.45) is 23.5 Å². The molecule has 1 aliphatic carbocycles. The summed E-state index contributed by atoms with van der Waals surface area (Å²) in [4.78, 5) is 29.6. The maximum atomic E-state index is 13.0. The molecule has 2 N–H and O–H groups in total. The molecule has 1 aromatic carbocycles. The van der Waals surface area contributed by atoms with Gasteiger partial charge in [-0.1, -0.05) is 11.6 Å². The average Bonchev–Trinajstić information content (AvgIpc) is 3.23. The molecule has 5 nitrogen and oxygen atoms in total. The Bertz CT molecular complexity index is 697. The van der Waals surface area contributed by atoms with Crippen molar-refractivity contribution in [1.82, 2.24) is 9.80 Å². The lowest BCUT2D eigenvalue weighted by Gasteiger charge is -2.34. The number of rotatable bonds is 2. The minimum absolute atomic E-state index is 0. The first-order chi connectivity index (χ1) is 12.5. The van der Waals surface area contributed by atoms with E-state index in [0.717, 1.165) is 38.8 Å². The normalized spacial score (nSPS) is 30.0. The Morgan fingerprint density at radius 1 is 1.00 bits per heavy atom. The third-order valence-corrected chi connectivity index (χ3v) is 6.62. The smallest absolute Gasteiger partial charge is 0.253 e. The van der Waals surface area contributed by atoms with Gasteiger partial charge in [0.1, 0.15) is 0 Å². The maximum absolute atomic E-state index is 13.0. The molecule has 2 heterocycles. The second-order valence-electron chi connectivity index (χ2n) is 8.01. The monoisotopic (exact) mass is 411 g/mol. The lowest BCUT2D eigenvalue weighted by Crippen LogP contribution is -2.46. The van der Waals surface area contributed by atoms with Crippen LogP contribution in [0.5, 0.6) is 0 Å². The second-order valence-corrected chi connectivity index (χ2v) is 8.44. The minimum atomic E-state index is -0.0879. The molecule has 0 bridgehead atoms. The number of fused-ring (bicyclic) bond motifs is 1. The van der Waals surface area contributed by atoms with E-state index >= 15 is 0 Å². The van der Waals surface area contributed by atoms with E-state index in [0.29, 0.717) is 35.5 Å². The SMILES string of the molecule is Cl.NC1CCC2CN(C(=O)C3CCCN(C(=O)c4ccc(Cl)cc4)C3)CC12. The van der Waals surface area contributed by atoms with Crippen LogP contribution in [-0.2, 0) is 4.79 Å². The standard InChI is InChI=1S/C20H26ClN3O2.ClH/c21-16-6-3-13(4-7-16)19(25)23-9-1-2-15(11-23)20(26)24-10-14-5-8-18(22)17(14)12-24;/h3-4,6-7,14-15,17-18H,1-2,5,8-12,22H2;1H. The first kappa shape index (κ1) is 20.4. The molecule has 27 heavy (non-hydrogen) atoms. The van der Waals surface area contributed by atoms with Crippen LogP contribution in [0.15, 0.2) is 24.3 Å². The van der Waals surface area contributed by atoms with Crippen molar-refractivity contribution in [1.29, 1.82) is 0 Å². The number of nitrogens with zero attached hydrogens (tertiary/aromatic N) is 2. The number of piperidine rings is 1. The highest BCUT2D eigenvalue weighted by molar-refractivity contribution is 6.30. The van der Waals surface area contributed by atoms with Gasteiger partial charge in [0.15, 0.2) is 0 Å². The summed E-state index contributed by atoms with van der Waals surface area (Å²) in [5, 5.41) is 0.617. The minimum Gasteiger partial charge on any atom is -0.342 e. The molecule has 4 rings (SSSR count). The van der Waals surface area contributed by atoms with Crippen LogP contribution in [0, 0.1) is 17.8 Å². The molecule has 4 atom stereocenters. The largest absolute Gasteiger partial charge is 0.342 e. The number of benzene rings is 1. The Labute approximate surface area is 171 Å². The number of halogens is 2. The number of carbonyl (C=O) groups excluding carboxylic acids is 2. The van der Waals surface area contributed by atoms with Crippen LogP contribution in [-0.4, -0.2) is 53.8 Å². The van der Waals surface area contributed by atoms with Crippen molar-refractivity contribution in [3.05, 3.63) is 34.9 Å². The van der Waals surface area contributed by atoms with Gasteiger partial charge in [0.2, 0.25) is 5.91 Å². The molecular formula is C20H27Cl2N3O2. The fourth-order valence-electron chi connectivity index (χ4n) is 4.88. The van der Waals surface area contributed by atoms with Gasteiger partial charge >= 0.3 is 0 Å². The molecule has 2 amide bonds. The molecule has 7 heteroatoms. The van der Waals surface area contributed by atoms with Gasteiger partial charge in [0, 0.05) is 42.8 Å². The molecule has 3 aliphatic rings. The Morgan fingerprint density at radius 3 is 2.44 bits per heavy atom. The summed E-state index contributed by atoms with van der Waals surface area (Å²) >= 11 is 5.91. The zero-order valence-electron chi connectivity index (χ0n) is 15.4. The van der Waals surface area contributed by atoms with E-state index in [1.807, 2.05) is 9.80 Å². The van der Waals surface area contributed by atoms with Crippen molar-refractivity contribution < 1.29 is 9.59 Å². The van der Waals surface area contributed by atoms with Crippen LogP contribution in [0.25, 0.3) is 0 Å². The van der Waals surface area contributed by atoms with Gasteiger partial charge in [0.25, 0.3) is 5.91 Å². The summed E-state index contributed by atoms with van der Waals surface area (Å²) < 4.78 is 0. The lowest BCUT2D eigenvalue weighted by atomic mass is 9.95. The summed E-state index contributed by atoms with van der Waals surface area (Å²) in [6, 6.07) is 7.20. The highest BCUT2D eigenvalue weighted by Gasteiger charge is 2.44. The van der Waals surface area contributed by atoms with Gasteiger partial charge in [-0.05, 0) is 61.8 Å². The number of nitrogens with two attached hydrogens (primary N) is 1. The Hall–Kier alpha value is -1.30. The van der Waals surface area contributed by atoms with Crippen molar-refractivity contribution in [3.8, 4) is 0 Å². The molecule has 148 valence electrons. The molecule has 3 fully saturated rings. The van der Waals surface area contributed by atoms with E-state index in [-0.39, 0.29) is 36.2 Å². The molecule has 0 aromatic heterocycles. The summed E-state index contributed by atoms with van der Waals surface area (Å²) in [6.45, 7) is 2.87. The van der Waals surface area contributed by atoms with Crippen molar-refractivity contribution in [2.75, 3.05) is 26.2 Å². The topological polar surface area (TPSA) is 66.6 Å². The van der Waals surface area contributed by atoms with Crippen LogP contribution >= 0.6 is 24.0 Å². The van der Waals surface area contributed by atoms with Crippen LogP contribution in [0.4, 0.5) is 0 Å². The molecule has 2 aliphatic heterocycles. The number of carbonyl (C=O) groups is 2. The van der Waals surface area contributed by atoms with E-state index in [2.05, 4.69) is 0 Å². The van der Waals surface area contributed by atoms with Gasteiger partial charge in [-0.25, -0.2) is 0 Å². The predicted octanol–water partition coefficient (Wildman–Crippen LogP) is 2.81. The third-order valence-electron chi connectivity index (χ3n) is 6.37. The van der Waals surface area contributed by atoms with Gasteiger partial charge < -0.3 is 15.5 Å². The predicted molar refractivity (Wildman–Crippen MR) is 108 cm³/mol. The Kier molecular flexibility index (Phi) is 6.34. The number of hydrogen-bond acceptors (Lipinski definition) is 3. The summed E-state index contributed by atoms with van der Waals surface area (Å²) in [5.74, 6) is 1.15. The van der Waals surface area contributed by atoms with Crippen LogP contribution < -0.4 is 5.73 Å². The molecule has 4 unspecified atom stereocenters. The van der Waals surface area contributed by atoms with E-state index in [1.165, 1.54) is 0 Å². The van der Waals surface area contributed by atoms with Crippen LogP contribution in [0.1, 0.15) is 36.0 Å². The summed E-state index contributed by atoms with van der Waals surface area (Å²) in [5.41, 5.74) is 6.83. The van der Waals surface area contributed by atoms with E-state index in [9.17, 15) is 9.59 Å².